The van der Waals surface area contributed by atoms with Gasteiger partial charge in [-0.25, -0.2) is 4.79 Å². The van der Waals surface area contributed by atoms with E-state index >= 15 is 0 Å². The normalized spacial score (nSPS) is 12.8. The van der Waals surface area contributed by atoms with Crippen molar-refractivity contribution in [3.63, 3.8) is 0 Å². The molecule has 0 aliphatic carbocycles. The fourth-order valence-electron chi connectivity index (χ4n) is 3.35. The third-order valence-corrected chi connectivity index (χ3v) is 5.11. The van der Waals surface area contributed by atoms with Crippen molar-refractivity contribution in [1.29, 1.82) is 0 Å². The Bertz CT molecular complexity index is 976. The molecule has 3 aromatic rings. The van der Waals surface area contributed by atoms with Crippen LogP contribution in [0.25, 0.3) is 21.9 Å². The molecule has 0 unspecified atom stereocenters. The Kier molecular flexibility index (Phi) is 3.77. The molecule has 25 heavy (non-hydrogen) atoms. The van der Waals surface area contributed by atoms with E-state index in [1.54, 1.807) is 32.7 Å². The Morgan fingerprint density at radius 1 is 1.00 bits per heavy atom. The summed E-state index contributed by atoms with van der Waals surface area (Å²) in [6.45, 7) is 0.207. The highest BCUT2D eigenvalue weighted by Gasteiger charge is 2.32. The molecular weight excluding hydrogens is 340 g/mol. The van der Waals surface area contributed by atoms with Gasteiger partial charge in [0.1, 0.15) is 12.4 Å². The number of rotatable bonds is 4. The number of benzene rings is 2. The number of cyclic esters (lactones) is 1. The first-order valence-corrected chi connectivity index (χ1v) is 8.62. The van der Waals surface area contributed by atoms with Gasteiger partial charge in [-0.2, -0.15) is 11.3 Å². The summed E-state index contributed by atoms with van der Waals surface area (Å²) in [6, 6.07) is 5.76. The Hall–Kier alpha value is -2.73. The van der Waals surface area contributed by atoms with Gasteiger partial charge in [-0.1, -0.05) is 0 Å². The number of hydrogen-bond donors (Lipinski definition) is 0. The molecule has 2 heterocycles. The Balaban J connectivity index is 2.21. The molecule has 1 aliphatic rings. The Morgan fingerprint density at radius 2 is 1.72 bits per heavy atom. The minimum absolute atomic E-state index is 0.207. The van der Waals surface area contributed by atoms with Gasteiger partial charge in [-0.3, -0.25) is 0 Å². The first-order valence-electron chi connectivity index (χ1n) is 7.67. The van der Waals surface area contributed by atoms with Crippen LogP contribution in [0.15, 0.2) is 29.0 Å². The van der Waals surface area contributed by atoms with Crippen molar-refractivity contribution in [2.24, 2.45) is 0 Å². The second-order valence-corrected chi connectivity index (χ2v) is 6.38. The zero-order valence-electron chi connectivity index (χ0n) is 14.0. The van der Waals surface area contributed by atoms with Crippen molar-refractivity contribution in [2.45, 2.75) is 6.61 Å². The summed E-state index contributed by atoms with van der Waals surface area (Å²) in [7, 11) is 4.78. The van der Waals surface area contributed by atoms with Crippen molar-refractivity contribution < 1.29 is 23.7 Å². The smallest absolute Gasteiger partial charge is 0.339 e. The van der Waals surface area contributed by atoms with E-state index in [4.69, 9.17) is 18.9 Å². The van der Waals surface area contributed by atoms with Crippen LogP contribution in [0.2, 0.25) is 0 Å². The number of methoxy groups -OCH3 is 3. The molecule has 0 saturated carbocycles. The number of ether oxygens (including phenoxy) is 4. The molecular formula is C19H16O5S. The fourth-order valence-corrected chi connectivity index (χ4v) is 3.99. The predicted molar refractivity (Wildman–Crippen MR) is 96.0 cm³/mol. The molecule has 6 heteroatoms. The van der Waals surface area contributed by atoms with Gasteiger partial charge in [0.25, 0.3) is 0 Å². The van der Waals surface area contributed by atoms with Gasteiger partial charge in [-0.05, 0) is 39.9 Å². The summed E-state index contributed by atoms with van der Waals surface area (Å²) in [6.07, 6.45) is 0. The van der Waals surface area contributed by atoms with E-state index in [1.807, 2.05) is 29.0 Å². The van der Waals surface area contributed by atoms with Crippen molar-refractivity contribution >= 4 is 28.1 Å². The van der Waals surface area contributed by atoms with Crippen LogP contribution in [0.3, 0.4) is 0 Å². The second-order valence-electron chi connectivity index (χ2n) is 5.60. The summed E-state index contributed by atoms with van der Waals surface area (Å²) in [5.74, 6) is 1.51. The van der Waals surface area contributed by atoms with Crippen LogP contribution in [0, 0.1) is 0 Å². The molecule has 0 fully saturated rings. The van der Waals surface area contributed by atoms with Crippen LogP contribution in [0.1, 0.15) is 15.9 Å². The largest absolute Gasteiger partial charge is 0.496 e. The lowest BCUT2D eigenvalue weighted by atomic mass is 9.90. The van der Waals surface area contributed by atoms with Crippen LogP contribution < -0.4 is 14.2 Å². The minimum Gasteiger partial charge on any atom is -0.496 e. The third kappa shape index (κ3) is 2.25. The Labute approximate surface area is 148 Å². The lowest BCUT2D eigenvalue weighted by Gasteiger charge is -2.17. The van der Waals surface area contributed by atoms with Gasteiger partial charge in [0.15, 0.2) is 11.5 Å². The number of fused-ring (bicyclic) bond motifs is 2. The van der Waals surface area contributed by atoms with Crippen LogP contribution in [0.5, 0.6) is 17.2 Å². The maximum absolute atomic E-state index is 12.4. The summed E-state index contributed by atoms with van der Waals surface area (Å²) in [4.78, 5) is 12.4. The van der Waals surface area contributed by atoms with E-state index in [-0.39, 0.29) is 12.6 Å². The van der Waals surface area contributed by atoms with E-state index in [1.165, 1.54) is 0 Å². The zero-order chi connectivity index (χ0) is 17.6. The maximum Gasteiger partial charge on any atom is 0.339 e. The molecule has 0 N–H and O–H groups in total. The van der Waals surface area contributed by atoms with Crippen molar-refractivity contribution in [1.82, 2.24) is 0 Å². The molecule has 128 valence electrons. The monoisotopic (exact) mass is 356 g/mol. The molecule has 1 aromatic heterocycles. The van der Waals surface area contributed by atoms with E-state index in [0.29, 0.717) is 22.8 Å². The summed E-state index contributed by atoms with van der Waals surface area (Å²) < 4.78 is 21.8. The van der Waals surface area contributed by atoms with Crippen molar-refractivity contribution in [2.75, 3.05) is 21.3 Å². The number of carbonyl (C=O) groups excluding carboxylic acids is 1. The molecule has 0 amide bonds. The topological polar surface area (TPSA) is 54.0 Å². The lowest BCUT2D eigenvalue weighted by Crippen LogP contribution is -2.01. The zero-order valence-corrected chi connectivity index (χ0v) is 14.9. The fraction of sp³-hybridized carbons (Fsp3) is 0.211. The van der Waals surface area contributed by atoms with E-state index in [0.717, 1.165) is 27.5 Å². The van der Waals surface area contributed by atoms with Gasteiger partial charge in [0, 0.05) is 16.5 Å². The molecule has 0 radical (unpaired) electrons. The average molecular weight is 356 g/mol. The summed E-state index contributed by atoms with van der Waals surface area (Å²) in [5, 5.41) is 5.73. The molecule has 0 saturated heterocycles. The van der Waals surface area contributed by atoms with Gasteiger partial charge < -0.3 is 18.9 Å². The minimum atomic E-state index is -0.328. The molecule has 0 bridgehead atoms. The highest BCUT2D eigenvalue weighted by Crippen LogP contribution is 2.47. The number of carbonyl (C=O) groups is 1. The van der Waals surface area contributed by atoms with Gasteiger partial charge >= 0.3 is 5.97 Å². The molecule has 0 atom stereocenters. The van der Waals surface area contributed by atoms with Crippen molar-refractivity contribution in [3.8, 4) is 28.4 Å². The van der Waals surface area contributed by atoms with Crippen molar-refractivity contribution in [3.05, 3.63) is 40.1 Å². The molecule has 1 aliphatic heterocycles. The van der Waals surface area contributed by atoms with Crippen LogP contribution in [0.4, 0.5) is 0 Å². The van der Waals surface area contributed by atoms with Gasteiger partial charge in [0.05, 0.1) is 26.9 Å². The van der Waals surface area contributed by atoms with Crippen LogP contribution >= 0.6 is 11.3 Å². The molecule has 5 nitrogen and oxygen atoms in total. The highest BCUT2D eigenvalue weighted by molar-refractivity contribution is 7.08. The average Bonchev–Trinajstić information content (AvgIpc) is 3.29. The summed E-state index contributed by atoms with van der Waals surface area (Å²) in [5.41, 5.74) is 3.15. The maximum atomic E-state index is 12.4. The molecule has 4 rings (SSSR count). The lowest BCUT2D eigenvalue weighted by molar-refractivity contribution is 0.0535. The first-order chi connectivity index (χ1) is 12.2. The van der Waals surface area contributed by atoms with E-state index in [9.17, 15) is 4.79 Å². The number of esters is 1. The number of hydrogen-bond acceptors (Lipinski definition) is 6. The Morgan fingerprint density at radius 3 is 2.32 bits per heavy atom. The van der Waals surface area contributed by atoms with Crippen LogP contribution in [-0.4, -0.2) is 27.3 Å². The summed E-state index contributed by atoms with van der Waals surface area (Å²) >= 11 is 1.58. The van der Waals surface area contributed by atoms with E-state index in [2.05, 4.69) is 0 Å². The van der Waals surface area contributed by atoms with Gasteiger partial charge in [0.2, 0.25) is 0 Å². The number of thiophene rings is 1. The first kappa shape index (κ1) is 15.8. The highest BCUT2D eigenvalue weighted by atomic mass is 32.1. The molecule has 0 spiro atoms. The van der Waals surface area contributed by atoms with Gasteiger partial charge in [-0.15, -0.1) is 0 Å². The quantitative estimate of drug-likeness (QED) is 0.654. The van der Waals surface area contributed by atoms with E-state index < -0.39 is 0 Å². The SMILES string of the molecule is COc1cc2c(OC)c3c(c(-c4ccsc4)c2cc1OC)C(=O)OC3. The standard InChI is InChI=1S/C19H16O5S/c1-21-14-6-11-12(7-15(14)22-2)18(23-3)13-8-24-19(20)17(13)16(11)10-4-5-25-9-10/h4-7,9H,8H2,1-3H3. The van der Waals surface area contributed by atoms with Crippen LogP contribution in [-0.2, 0) is 11.3 Å². The molecule has 2 aromatic carbocycles. The second kappa shape index (κ2) is 5.97. The predicted octanol–water partition coefficient (Wildman–Crippen LogP) is 4.26. The third-order valence-electron chi connectivity index (χ3n) is 4.43.